The molecule has 20 heavy (non-hydrogen) atoms. The lowest BCUT2D eigenvalue weighted by Crippen LogP contribution is -2.22. The molecule has 0 unspecified atom stereocenters. The molecule has 1 aliphatic heterocycles. The summed E-state index contributed by atoms with van der Waals surface area (Å²) in [6.07, 6.45) is 1.63. The third kappa shape index (κ3) is 2.56. The number of aromatic nitrogens is 1. The highest BCUT2D eigenvalue weighted by Crippen LogP contribution is 2.32. The number of hydrogen-bond acceptors (Lipinski definition) is 4. The molecule has 1 aromatic carbocycles. The van der Waals surface area contributed by atoms with Gasteiger partial charge in [0.25, 0.3) is 5.91 Å². The van der Waals surface area contributed by atoms with Gasteiger partial charge in [0, 0.05) is 24.0 Å². The van der Waals surface area contributed by atoms with Crippen LogP contribution in [0.1, 0.15) is 21.6 Å². The predicted octanol–water partition coefficient (Wildman–Crippen LogP) is 2.05. The quantitative estimate of drug-likeness (QED) is 0.927. The fourth-order valence-corrected chi connectivity index (χ4v) is 2.02. The van der Waals surface area contributed by atoms with Crippen molar-refractivity contribution in [3.8, 4) is 11.5 Å². The van der Waals surface area contributed by atoms with E-state index in [0.29, 0.717) is 12.1 Å². The standard InChI is InChI=1S/C15H14N2O3/c1-10-6-12(4-5-16-10)15(18)17-8-11-2-3-13-14(7-11)20-9-19-13/h2-7H,8-9H2,1H3,(H,17,18). The Hall–Kier alpha value is -2.56. The Morgan fingerprint density at radius 1 is 1.25 bits per heavy atom. The van der Waals surface area contributed by atoms with Crippen molar-refractivity contribution in [2.45, 2.75) is 13.5 Å². The second kappa shape index (κ2) is 5.21. The molecule has 0 saturated carbocycles. The van der Waals surface area contributed by atoms with E-state index in [-0.39, 0.29) is 12.7 Å². The number of nitrogens with zero attached hydrogens (tertiary/aromatic N) is 1. The highest BCUT2D eigenvalue weighted by Gasteiger charge is 2.13. The van der Waals surface area contributed by atoms with Crippen LogP contribution in [0.5, 0.6) is 11.5 Å². The minimum Gasteiger partial charge on any atom is -0.454 e. The second-order valence-corrected chi connectivity index (χ2v) is 4.56. The molecule has 1 N–H and O–H groups in total. The Kier molecular flexibility index (Phi) is 3.25. The van der Waals surface area contributed by atoms with E-state index in [4.69, 9.17) is 9.47 Å². The van der Waals surface area contributed by atoms with E-state index in [1.54, 1.807) is 18.3 Å². The summed E-state index contributed by atoms with van der Waals surface area (Å²) in [4.78, 5) is 16.1. The van der Waals surface area contributed by atoms with Gasteiger partial charge in [0.15, 0.2) is 11.5 Å². The van der Waals surface area contributed by atoms with Crippen LogP contribution in [0.4, 0.5) is 0 Å². The molecular formula is C15H14N2O3. The van der Waals surface area contributed by atoms with Crippen LogP contribution < -0.4 is 14.8 Å². The van der Waals surface area contributed by atoms with Gasteiger partial charge in [0.05, 0.1) is 0 Å². The Balaban J connectivity index is 1.66. The number of benzene rings is 1. The normalized spacial score (nSPS) is 12.2. The zero-order chi connectivity index (χ0) is 13.9. The average molecular weight is 270 g/mol. The van der Waals surface area contributed by atoms with Crippen LogP contribution in [0.25, 0.3) is 0 Å². The number of ether oxygens (including phenoxy) is 2. The van der Waals surface area contributed by atoms with Crippen molar-refractivity contribution in [2.24, 2.45) is 0 Å². The number of carbonyl (C=O) groups is 1. The lowest BCUT2D eigenvalue weighted by Gasteiger charge is -2.06. The van der Waals surface area contributed by atoms with E-state index in [2.05, 4.69) is 10.3 Å². The number of nitrogens with one attached hydrogen (secondary N) is 1. The summed E-state index contributed by atoms with van der Waals surface area (Å²) < 4.78 is 10.5. The lowest BCUT2D eigenvalue weighted by atomic mass is 10.2. The van der Waals surface area contributed by atoms with Gasteiger partial charge in [-0.25, -0.2) is 0 Å². The molecule has 1 aromatic heterocycles. The van der Waals surface area contributed by atoms with Gasteiger partial charge < -0.3 is 14.8 Å². The number of aryl methyl sites for hydroxylation is 1. The summed E-state index contributed by atoms with van der Waals surface area (Å²) in [7, 11) is 0. The monoisotopic (exact) mass is 270 g/mol. The Morgan fingerprint density at radius 2 is 2.10 bits per heavy atom. The fourth-order valence-electron chi connectivity index (χ4n) is 2.02. The molecule has 1 amide bonds. The molecule has 3 rings (SSSR count). The summed E-state index contributed by atoms with van der Waals surface area (Å²) >= 11 is 0. The third-order valence-electron chi connectivity index (χ3n) is 3.05. The minimum atomic E-state index is -0.117. The van der Waals surface area contributed by atoms with Gasteiger partial charge in [0.1, 0.15) is 0 Å². The number of rotatable bonds is 3. The van der Waals surface area contributed by atoms with Crippen molar-refractivity contribution in [3.05, 3.63) is 53.3 Å². The first-order chi connectivity index (χ1) is 9.72. The molecule has 0 spiro atoms. The smallest absolute Gasteiger partial charge is 0.251 e. The Morgan fingerprint density at radius 3 is 2.95 bits per heavy atom. The topological polar surface area (TPSA) is 60.5 Å². The first-order valence-electron chi connectivity index (χ1n) is 6.32. The highest BCUT2D eigenvalue weighted by molar-refractivity contribution is 5.94. The van der Waals surface area contributed by atoms with Crippen molar-refractivity contribution in [3.63, 3.8) is 0 Å². The molecular weight excluding hydrogens is 256 g/mol. The molecule has 5 heteroatoms. The fraction of sp³-hybridized carbons (Fsp3) is 0.200. The zero-order valence-corrected chi connectivity index (χ0v) is 11.1. The Bertz CT molecular complexity index is 655. The van der Waals surface area contributed by atoms with E-state index >= 15 is 0 Å². The Labute approximate surface area is 116 Å². The maximum atomic E-state index is 12.0. The lowest BCUT2D eigenvalue weighted by molar-refractivity contribution is 0.0950. The van der Waals surface area contributed by atoms with Crippen LogP contribution in [-0.2, 0) is 6.54 Å². The van der Waals surface area contributed by atoms with Gasteiger partial charge in [-0.05, 0) is 36.8 Å². The van der Waals surface area contributed by atoms with Gasteiger partial charge in [-0.15, -0.1) is 0 Å². The SMILES string of the molecule is Cc1cc(C(=O)NCc2ccc3c(c2)OCO3)ccn1. The molecule has 0 bridgehead atoms. The zero-order valence-electron chi connectivity index (χ0n) is 11.1. The van der Waals surface area contributed by atoms with Crippen LogP contribution in [0.15, 0.2) is 36.5 Å². The highest BCUT2D eigenvalue weighted by atomic mass is 16.7. The van der Waals surface area contributed by atoms with E-state index in [0.717, 1.165) is 22.8 Å². The van der Waals surface area contributed by atoms with E-state index < -0.39 is 0 Å². The largest absolute Gasteiger partial charge is 0.454 e. The molecule has 2 heterocycles. The van der Waals surface area contributed by atoms with Gasteiger partial charge in [-0.1, -0.05) is 6.07 Å². The van der Waals surface area contributed by atoms with Gasteiger partial charge in [-0.3, -0.25) is 9.78 Å². The maximum absolute atomic E-state index is 12.0. The van der Waals surface area contributed by atoms with Crippen LogP contribution in [0, 0.1) is 6.92 Å². The number of carbonyl (C=O) groups excluding carboxylic acids is 1. The third-order valence-corrected chi connectivity index (χ3v) is 3.05. The molecule has 2 aromatic rings. The second-order valence-electron chi connectivity index (χ2n) is 4.56. The van der Waals surface area contributed by atoms with Gasteiger partial charge >= 0.3 is 0 Å². The molecule has 1 aliphatic rings. The molecule has 0 atom stereocenters. The van der Waals surface area contributed by atoms with Crippen LogP contribution in [0.3, 0.4) is 0 Å². The first kappa shape index (κ1) is 12.5. The van der Waals surface area contributed by atoms with E-state index in [1.807, 2.05) is 25.1 Å². The first-order valence-corrected chi connectivity index (χ1v) is 6.32. The van der Waals surface area contributed by atoms with Crippen LogP contribution >= 0.6 is 0 Å². The molecule has 102 valence electrons. The number of hydrogen-bond donors (Lipinski definition) is 1. The summed E-state index contributed by atoms with van der Waals surface area (Å²) in [6, 6.07) is 9.09. The van der Waals surface area contributed by atoms with Crippen molar-refractivity contribution in [1.82, 2.24) is 10.3 Å². The predicted molar refractivity (Wildman–Crippen MR) is 72.7 cm³/mol. The van der Waals surface area contributed by atoms with Gasteiger partial charge in [0.2, 0.25) is 6.79 Å². The maximum Gasteiger partial charge on any atom is 0.251 e. The molecule has 0 saturated heterocycles. The number of fused-ring (bicyclic) bond motifs is 1. The molecule has 0 radical (unpaired) electrons. The van der Waals surface area contributed by atoms with Crippen molar-refractivity contribution >= 4 is 5.91 Å². The van der Waals surface area contributed by atoms with E-state index in [9.17, 15) is 4.79 Å². The number of amides is 1. The molecule has 0 fully saturated rings. The minimum absolute atomic E-state index is 0.117. The van der Waals surface area contributed by atoms with Crippen LogP contribution in [-0.4, -0.2) is 17.7 Å². The van der Waals surface area contributed by atoms with E-state index in [1.165, 1.54) is 0 Å². The summed E-state index contributed by atoms with van der Waals surface area (Å²) in [6.45, 7) is 2.55. The number of pyridine rings is 1. The average Bonchev–Trinajstić information content (AvgIpc) is 2.92. The summed E-state index contributed by atoms with van der Waals surface area (Å²) in [5.41, 5.74) is 2.40. The molecule has 0 aliphatic carbocycles. The van der Waals surface area contributed by atoms with Gasteiger partial charge in [-0.2, -0.15) is 0 Å². The van der Waals surface area contributed by atoms with Crippen molar-refractivity contribution in [2.75, 3.05) is 6.79 Å². The van der Waals surface area contributed by atoms with Crippen molar-refractivity contribution < 1.29 is 14.3 Å². The van der Waals surface area contributed by atoms with Crippen LogP contribution in [0.2, 0.25) is 0 Å². The summed E-state index contributed by atoms with van der Waals surface area (Å²) in [5, 5.41) is 2.87. The molecule has 5 nitrogen and oxygen atoms in total. The van der Waals surface area contributed by atoms with Crippen molar-refractivity contribution in [1.29, 1.82) is 0 Å². The summed E-state index contributed by atoms with van der Waals surface area (Å²) in [5.74, 6) is 1.34.